The normalized spacial score (nSPS) is 20.2. The summed E-state index contributed by atoms with van der Waals surface area (Å²) in [6, 6.07) is 4.60. The summed E-state index contributed by atoms with van der Waals surface area (Å²) in [5, 5.41) is 3.75. The molecule has 1 saturated heterocycles. The molecule has 0 spiro atoms. The van der Waals surface area contributed by atoms with E-state index in [0.29, 0.717) is 17.1 Å². The monoisotopic (exact) mass is 243 g/mol. The maximum absolute atomic E-state index is 13.3. The van der Waals surface area contributed by atoms with Crippen molar-refractivity contribution in [1.82, 2.24) is 5.32 Å². The van der Waals surface area contributed by atoms with Crippen LogP contribution in [-0.4, -0.2) is 19.3 Å². The maximum atomic E-state index is 13.3. The van der Waals surface area contributed by atoms with E-state index in [4.69, 9.17) is 16.3 Å². The number of nitrogens with one attached hydrogen (secondary N) is 1. The third kappa shape index (κ3) is 3.17. The van der Waals surface area contributed by atoms with E-state index >= 15 is 0 Å². The summed E-state index contributed by atoms with van der Waals surface area (Å²) >= 11 is 5.80. The van der Waals surface area contributed by atoms with Gasteiger partial charge >= 0.3 is 0 Å². The quantitative estimate of drug-likeness (QED) is 0.878. The molecule has 0 saturated carbocycles. The van der Waals surface area contributed by atoms with E-state index in [1.807, 2.05) is 0 Å². The lowest BCUT2D eigenvalue weighted by molar-refractivity contribution is 0.110. The van der Waals surface area contributed by atoms with Crippen LogP contribution in [0.4, 0.5) is 4.39 Å². The smallest absolute Gasteiger partial charge is 0.127 e. The first-order chi connectivity index (χ1) is 7.75. The molecule has 2 rings (SSSR count). The van der Waals surface area contributed by atoms with Crippen LogP contribution in [0.2, 0.25) is 5.02 Å². The molecule has 0 aromatic heterocycles. The maximum Gasteiger partial charge on any atom is 0.127 e. The Morgan fingerprint density at radius 2 is 2.38 bits per heavy atom. The third-order valence-electron chi connectivity index (χ3n) is 2.72. The largest absolute Gasteiger partial charge is 0.377 e. The van der Waals surface area contributed by atoms with E-state index < -0.39 is 0 Å². The molecule has 88 valence electrons. The Bertz CT molecular complexity index is 353. The fourth-order valence-electron chi connectivity index (χ4n) is 1.85. The third-order valence-corrected chi connectivity index (χ3v) is 2.95. The summed E-state index contributed by atoms with van der Waals surface area (Å²) in [5.74, 6) is -0.218. The van der Waals surface area contributed by atoms with Gasteiger partial charge in [-0.15, -0.1) is 0 Å². The standard InChI is InChI=1S/C12H15ClFNO/c13-10-3-4-12(14)9(6-10)7-15-8-11-2-1-5-16-11/h3-4,6,11,15H,1-2,5,7-8H2. The van der Waals surface area contributed by atoms with Crippen molar-refractivity contribution in [1.29, 1.82) is 0 Å². The molecule has 2 nitrogen and oxygen atoms in total. The fourth-order valence-corrected chi connectivity index (χ4v) is 2.05. The number of rotatable bonds is 4. The van der Waals surface area contributed by atoms with Gasteiger partial charge in [0.25, 0.3) is 0 Å². The number of ether oxygens (including phenoxy) is 1. The van der Waals surface area contributed by atoms with Crippen molar-refractivity contribution in [2.75, 3.05) is 13.2 Å². The van der Waals surface area contributed by atoms with Crippen molar-refractivity contribution in [3.8, 4) is 0 Å². The predicted octanol–water partition coefficient (Wildman–Crippen LogP) is 2.75. The molecule has 1 fully saturated rings. The molecule has 4 heteroatoms. The highest BCUT2D eigenvalue weighted by Crippen LogP contribution is 2.15. The first-order valence-corrected chi connectivity index (χ1v) is 5.90. The van der Waals surface area contributed by atoms with Gasteiger partial charge in [-0.1, -0.05) is 11.6 Å². The van der Waals surface area contributed by atoms with Gasteiger partial charge < -0.3 is 10.1 Å². The van der Waals surface area contributed by atoms with Crippen LogP contribution in [0.1, 0.15) is 18.4 Å². The van der Waals surface area contributed by atoms with E-state index in [1.165, 1.54) is 6.07 Å². The summed E-state index contributed by atoms with van der Waals surface area (Å²) in [7, 11) is 0. The van der Waals surface area contributed by atoms with Crippen molar-refractivity contribution in [3.63, 3.8) is 0 Å². The zero-order valence-electron chi connectivity index (χ0n) is 9.01. The Morgan fingerprint density at radius 3 is 3.12 bits per heavy atom. The molecular weight excluding hydrogens is 229 g/mol. The van der Waals surface area contributed by atoms with E-state index in [2.05, 4.69) is 5.32 Å². The van der Waals surface area contributed by atoms with Crippen molar-refractivity contribution in [3.05, 3.63) is 34.6 Å². The molecule has 1 atom stereocenters. The van der Waals surface area contributed by atoms with Crippen molar-refractivity contribution in [2.45, 2.75) is 25.5 Å². The topological polar surface area (TPSA) is 21.3 Å². The van der Waals surface area contributed by atoms with Crippen molar-refractivity contribution < 1.29 is 9.13 Å². The van der Waals surface area contributed by atoms with Crippen LogP contribution in [0.25, 0.3) is 0 Å². The molecule has 1 N–H and O–H groups in total. The van der Waals surface area contributed by atoms with Crippen LogP contribution in [-0.2, 0) is 11.3 Å². The second-order valence-corrected chi connectivity index (χ2v) is 4.44. The van der Waals surface area contributed by atoms with Crippen molar-refractivity contribution in [2.24, 2.45) is 0 Å². The van der Waals surface area contributed by atoms with Gasteiger partial charge in [-0.25, -0.2) is 4.39 Å². The van der Waals surface area contributed by atoms with Gasteiger partial charge in [0.1, 0.15) is 5.82 Å². The van der Waals surface area contributed by atoms with E-state index in [0.717, 1.165) is 26.0 Å². The molecule has 0 amide bonds. The zero-order valence-corrected chi connectivity index (χ0v) is 9.77. The number of hydrogen-bond donors (Lipinski definition) is 1. The molecule has 1 heterocycles. The lowest BCUT2D eigenvalue weighted by Gasteiger charge is -2.11. The average molecular weight is 244 g/mol. The van der Waals surface area contributed by atoms with Crippen LogP contribution < -0.4 is 5.32 Å². The van der Waals surface area contributed by atoms with Gasteiger partial charge in [0.2, 0.25) is 0 Å². The Morgan fingerprint density at radius 1 is 1.50 bits per heavy atom. The van der Waals surface area contributed by atoms with Gasteiger partial charge in [-0.3, -0.25) is 0 Å². The Balaban J connectivity index is 1.82. The molecule has 0 bridgehead atoms. The van der Waals surface area contributed by atoms with Crippen LogP contribution in [0.3, 0.4) is 0 Å². The van der Waals surface area contributed by atoms with Crippen molar-refractivity contribution >= 4 is 11.6 Å². The summed E-state index contributed by atoms with van der Waals surface area (Å²) < 4.78 is 18.8. The molecule has 0 aliphatic carbocycles. The van der Waals surface area contributed by atoms with E-state index in [1.54, 1.807) is 12.1 Å². The van der Waals surface area contributed by atoms with Gasteiger partial charge in [0.15, 0.2) is 0 Å². The van der Waals surface area contributed by atoms with Crippen LogP contribution in [0, 0.1) is 5.82 Å². The molecule has 1 aromatic carbocycles. The molecule has 0 radical (unpaired) electrons. The van der Waals surface area contributed by atoms with Crippen LogP contribution >= 0.6 is 11.6 Å². The molecule has 16 heavy (non-hydrogen) atoms. The molecule has 1 aliphatic heterocycles. The summed E-state index contributed by atoms with van der Waals surface area (Å²) in [4.78, 5) is 0. The lowest BCUT2D eigenvalue weighted by Crippen LogP contribution is -2.26. The summed E-state index contributed by atoms with van der Waals surface area (Å²) in [6.45, 7) is 2.11. The van der Waals surface area contributed by atoms with E-state index in [9.17, 15) is 4.39 Å². The summed E-state index contributed by atoms with van der Waals surface area (Å²) in [6.07, 6.45) is 2.49. The van der Waals surface area contributed by atoms with Gasteiger partial charge in [0, 0.05) is 30.3 Å². The molecule has 1 unspecified atom stereocenters. The SMILES string of the molecule is Fc1ccc(Cl)cc1CNCC1CCCO1. The highest BCUT2D eigenvalue weighted by molar-refractivity contribution is 6.30. The minimum absolute atomic E-state index is 0.218. The minimum Gasteiger partial charge on any atom is -0.377 e. The Hall–Kier alpha value is -0.640. The number of halogens is 2. The Kier molecular flexibility index (Phi) is 4.16. The Labute approximate surface area is 99.7 Å². The fraction of sp³-hybridized carbons (Fsp3) is 0.500. The predicted molar refractivity (Wildman–Crippen MR) is 62.1 cm³/mol. The molecule has 1 aromatic rings. The second-order valence-electron chi connectivity index (χ2n) is 4.00. The van der Waals surface area contributed by atoms with Gasteiger partial charge in [-0.05, 0) is 31.0 Å². The molecular formula is C12H15ClFNO. The van der Waals surface area contributed by atoms with Crippen LogP contribution in [0.15, 0.2) is 18.2 Å². The van der Waals surface area contributed by atoms with E-state index in [-0.39, 0.29) is 11.9 Å². The zero-order chi connectivity index (χ0) is 11.4. The highest BCUT2D eigenvalue weighted by Gasteiger charge is 2.14. The highest BCUT2D eigenvalue weighted by atomic mass is 35.5. The lowest BCUT2D eigenvalue weighted by atomic mass is 10.2. The number of hydrogen-bond acceptors (Lipinski definition) is 2. The van der Waals surface area contributed by atoms with Crippen LogP contribution in [0.5, 0.6) is 0 Å². The second kappa shape index (κ2) is 5.62. The van der Waals surface area contributed by atoms with Gasteiger partial charge in [0.05, 0.1) is 6.10 Å². The first kappa shape index (κ1) is 11.8. The first-order valence-electron chi connectivity index (χ1n) is 5.52. The number of benzene rings is 1. The minimum atomic E-state index is -0.218. The van der Waals surface area contributed by atoms with Gasteiger partial charge in [-0.2, -0.15) is 0 Å². The average Bonchev–Trinajstić information content (AvgIpc) is 2.76. The molecule has 1 aliphatic rings. The summed E-state index contributed by atoms with van der Waals surface area (Å²) in [5.41, 5.74) is 0.602.